The zero-order valence-electron chi connectivity index (χ0n) is 17.0. The molecule has 5 aliphatic rings. The van der Waals surface area contributed by atoms with Crippen molar-refractivity contribution in [3.63, 3.8) is 0 Å². The number of ether oxygens (including phenoxy) is 1. The maximum absolute atomic E-state index is 11.5. The second-order valence-corrected chi connectivity index (χ2v) is 11.1. The van der Waals surface area contributed by atoms with Crippen LogP contribution in [0.2, 0.25) is 0 Å². The molecule has 5 fully saturated rings. The van der Waals surface area contributed by atoms with Gasteiger partial charge in [-0.15, -0.1) is 0 Å². The smallest absolute Gasteiger partial charge is 0.305 e. The molecular weight excluding hydrogens is 320 g/mol. The summed E-state index contributed by atoms with van der Waals surface area (Å²) in [5.41, 5.74) is 1.17. The van der Waals surface area contributed by atoms with Crippen LogP contribution in [0.5, 0.6) is 0 Å². The van der Waals surface area contributed by atoms with Crippen LogP contribution in [0.1, 0.15) is 90.9 Å². The Morgan fingerprint density at radius 1 is 0.808 bits per heavy atom. The molecule has 146 valence electrons. The third-order valence-electron chi connectivity index (χ3n) is 10.4. The van der Waals surface area contributed by atoms with E-state index >= 15 is 0 Å². The van der Waals surface area contributed by atoms with Crippen LogP contribution in [0.15, 0.2) is 0 Å². The Morgan fingerprint density at radius 3 is 2.42 bits per heavy atom. The SMILES string of the molecule is C[C@]12CCCC[C@H]1CC[C@H]1[C@H]3CC[C@@H]([C@H]4CCC(=O)OC4)[C@@]3(C)CC[C@@H]12. The predicted molar refractivity (Wildman–Crippen MR) is 104 cm³/mol. The second-order valence-electron chi connectivity index (χ2n) is 11.1. The monoisotopic (exact) mass is 358 g/mol. The molecule has 1 aliphatic heterocycles. The van der Waals surface area contributed by atoms with E-state index in [-0.39, 0.29) is 5.97 Å². The minimum atomic E-state index is 0.0354. The van der Waals surface area contributed by atoms with Crippen LogP contribution < -0.4 is 0 Å². The van der Waals surface area contributed by atoms with Crippen LogP contribution >= 0.6 is 0 Å². The van der Waals surface area contributed by atoms with Crippen LogP contribution in [0.25, 0.3) is 0 Å². The Kier molecular flexibility index (Phi) is 4.22. The zero-order valence-corrected chi connectivity index (χ0v) is 17.0. The van der Waals surface area contributed by atoms with Gasteiger partial charge in [-0.25, -0.2) is 0 Å². The van der Waals surface area contributed by atoms with E-state index in [0.29, 0.717) is 29.8 Å². The molecule has 1 saturated heterocycles. The molecule has 2 heteroatoms. The highest BCUT2D eigenvalue weighted by Crippen LogP contribution is 2.68. The quantitative estimate of drug-likeness (QED) is 0.538. The zero-order chi connectivity index (χ0) is 17.9. The number of cyclic esters (lactones) is 1. The van der Waals surface area contributed by atoms with Crippen molar-refractivity contribution in [3.8, 4) is 0 Å². The fraction of sp³-hybridized carbons (Fsp3) is 0.958. The fourth-order valence-corrected chi connectivity index (χ4v) is 9.09. The molecular formula is C24H38O2. The Bertz CT molecular complexity index is 561. The summed E-state index contributed by atoms with van der Waals surface area (Å²) in [4.78, 5) is 11.5. The first-order valence-electron chi connectivity index (χ1n) is 11.7. The Morgan fingerprint density at radius 2 is 1.62 bits per heavy atom. The summed E-state index contributed by atoms with van der Waals surface area (Å²) in [6, 6.07) is 0. The van der Waals surface area contributed by atoms with E-state index in [9.17, 15) is 4.79 Å². The molecule has 5 rings (SSSR count). The molecule has 0 N–H and O–H groups in total. The largest absolute Gasteiger partial charge is 0.465 e. The normalized spacial score (nSPS) is 54.0. The molecule has 0 spiro atoms. The topological polar surface area (TPSA) is 26.3 Å². The lowest BCUT2D eigenvalue weighted by Gasteiger charge is -2.61. The Labute approximate surface area is 159 Å². The Balaban J connectivity index is 1.37. The van der Waals surface area contributed by atoms with Gasteiger partial charge in [0.2, 0.25) is 0 Å². The minimum Gasteiger partial charge on any atom is -0.465 e. The highest BCUT2D eigenvalue weighted by atomic mass is 16.5. The summed E-state index contributed by atoms with van der Waals surface area (Å²) in [7, 11) is 0. The molecule has 0 radical (unpaired) electrons. The molecule has 0 bridgehead atoms. The van der Waals surface area contributed by atoms with Crippen molar-refractivity contribution in [2.75, 3.05) is 6.61 Å². The summed E-state index contributed by atoms with van der Waals surface area (Å²) >= 11 is 0. The number of rotatable bonds is 1. The van der Waals surface area contributed by atoms with E-state index in [0.717, 1.165) is 36.0 Å². The van der Waals surface area contributed by atoms with Crippen LogP contribution in [0.4, 0.5) is 0 Å². The van der Waals surface area contributed by atoms with E-state index in [2.05, 4.69) is 13.8 Å². The summed E-state index contributed by atoms with van der Waals surface area (Å²) in [5.74, 6) is 5.44. The number of carbonyl (C=O) groups excluding carboxylic acids is 1. The molecule has 2 nitrogen and oxygen atoms in total. The van der Waals surface area contributed by atoms with Gasteiger partial charge in [0, 0.05) is 6.42 Å². The average molecular weight is 359 g/mol. The van der Waals surface area contributed by atoms with Crippen molar-refractivity contribution < 1.29 is 9.53 Å². The molecule has 0 aromatic heterocycles. The highest BCUT2D eigenvalue weighted by molar-refractivity contribution is 5.69. The molecule has 0 unspecified atom stereocenters. The Hall–Kier alpha value is -0.530. The summed E-state index contributed by atoms with van der Waals surface area (Å²) in [6.45, 7) is 6.03. The number of hydrogen-bond donors (Lipinski definition) is 0. The van der Waals surface area contributed by atoms with Crippen LogP contribution in [0, 0.1) is 46.3 Å². The molecule has 26 heavy (non-hydrogen) atoms. The summed E-state index contributed by atoms with van der Waals surface area (Å²) in [6.07, 6.45) is 16.5. The van der Waals surface area contributed by atoms with Crippen molar-refractivity contribution in [1.82, 2.24) is 0 Å². The molecule has 0 aromatic rings. The summed E-state index contributed by atoms with van der Waals surface area (Å²) < 4.78 is 5.48. The lowest BCUT2D eigenvalue weighted by Crippen LogP contribution is -2.53. The second kappa shape index (κ2) is 6.24. The molecule has 4 saturated carbocycles. The number of carbonyl (C=O) groups is 1. The van der Waals surface area contributed by atoms with Gasteiger partial charge >= 0.3 is 5.97 Å². The third kappa shape index (κ3) is 2.46. The van der Waals surface area contributed by atoms with Gasteiger partial charge in [0.25, 0.3) is 0 Å². The van der Waals surface area contributed by atoms with Gasteiger partial charge in [0.1, 0.15) is 0 Å². The first kappa shape index (κ1) is 17.6. The van der Waals surface area contributed by atoms with Crippen molar-refractivity contribution in [3.05, 3.63) is 0 Å². The van der Waals surface area contributed by atoms with Gasteiger partial charge in [-0.05, 0) is 104 Å². The van der Waals surface area contributed by atoms with Crippen molar-refractivity contribution >= 4 is 5.97 Å². The van der Waals surface area contributed by atoms with Gasteiger partial charge in [-0.1, -0.05) is 26.7 Å². The van der Waals surface area contributed by atoms with E-state index in [1.54, 1.807) is 0 Å². The molecule has 4 aliphatic carbocycles. The van der Waals surface area contributed by atoms with Crippen molar-refractivity contribution in [1.29, 1.82) is 0 Å². The average Bonchev–Trinajstić information content (AvgIpc) is 2.99. The first-order chi connectivity index (χ1) is 12.5. The lowest BCUT2D eigenvalue weighted by atomic mass is 9.44. The van der Waals surface area contributed by atoms with Gasteiger partial charge in [-0.3, -0.25) is 4.79 Å². The maximum Gasteiger partial charge on any atom is 0.305 e. The number of hydrogen-bond acceptors (Lipinski definition) is 2. The van der Waals surface area contributed by atoms with Gasteiger partial charge in [0.05, 0.1) is 6.61 Å². The van der Waals surface area contributed by atoms with Gasteiger partial charge < -0.3 is 4.74 Å². The molecule has 0 aromatic carbocycles. The molecule has 1 heterocycles. The number of fused-ring (bicyclic) bond motifs is 5. The molecule has 8 atom stereocenters. The van der Waals surface area contributed by atoms with Crippen molar-refractivity contribution in [2.24, 2.45) is 46.3 Å². The first-order valence-corrected chi connectivity index (χ1v) is 11.7. The van der Waals surface area contributed by atoms with E-state index in [4.69, 9.17) is 4.74 Å². The van der Waals surface area contributed by atoms with Gasteiger partial charge in [-0.2, -0.15) is 0 Å². The van der Waals surface area contributed by atoms with Crippen LogP contribution in [0.3, 0.4) is 0 Å². The maximum atomic E-state index is 11.5. The minimum absolute atomic E-state index is 0.0354. The third-order valence-corrected chi connectivity index (χ3v) is 10.4. The van der Waals surface area contributed by atoms with E-state index in [1.165, 1.54) is 64.2 Å². The highest BCUT2D eigenvalue weighted by Gasteiger charge is 2.60. The standard InChI is InChI=1S/C24H38O2/c1-23-13-4-3-5-17(23)7-8-18-20-10-9-19(16-6-11-22(25)26-15-16)24(20,2)14-12-21(18)23/h16-21H,3-15H2,1-2H3/t16-,17-,18-,19-,20+,21-,23-,24+/m0/s1. The van der Waals surface area contributed by atoms with Crippen LogP contribution in [-0.4, -0.2) is 12.6 Å². The van der Waals surface area contributed by atoms with Crippen LogP contribution in [-0.2, 0) is 9.53 Å². The summed E-state index contributed by atoms with van der Waals surface area (Å²) in [5, 5.41) is 0. The predicted octanol–water partition coefficient (Wildman–Crippen LogP) is 5.99. The van der Waals surface area contributed by atoms with Crippen molar-refractivity contribution in [2.45, 2.75) is 90.9 Å². The number of esters is 1. The van der Waals surface area contributed by atoms with E-state index in [1.807, 2.05) is 0 Å². The van der Waals surface area contributed by atoms with E-state index < -0.39 is 0 Å². The van der Waals surface area contributed by atoms with Gasteiger partial charge in [0.15, 0.2) is 0 Å². The molecule has 0 amide bonds. The fourth-order valence-electron chi connectivity index (χ4n) is 9.09. The lowest BCUT2D eigenvalue weighted by molar-refractivity contribution is -0.154.